The number of sulfonamides is 1. The molecular weight excluding hydrogens is 658 g/mol. The molecule has 0 radical (unpaired) electrons. The smallest absolute Gasteiger partial charge is 0.261 e. The molecule has 0 bridgehead atoms. The Balaban J connectivity index is 1.35. The minimum atomic E-state index is -3.96. The minimum absolute atomic E-state index is 0.0465. The Morgan fingerprint density at radius 2 is 1.38 bits per heavy atom. The number of benzene rings is 5. The lowest BCUT2D eigenvalue weighted by Crippen LogP contribution is -2.51. The molecule has 0 aliphatic carbocycles. The molecule has 0 heterocycles. The molecule has 0 spiro atoms. The van der Waals surface area contributed by atoms with Crippen LogP contribution in [0.1, 0.15) is 22.3 Å². The fourth-order valence-corrected chi connectivity index (χ4v) is 6.23. The number of rotatable bonds is 15. The van der Waals surface area contributed by atoms with Gasteiger partial charge >= 0.3 is 0 Å². The molecule has 0 aromatic heterocycles. The van der Waals surface area contributed by atoms with E-state index in [1.54, 1.807) is 19.2 Å². The van der Waals surface area contributed by atoms with Crippen LogP contribution in [0.5, 0.6) is 11.5 Å². The number of halogens is 1. The molecule has 2 amide bonds. The number of hydrogen-bond donors (Lipinski definition) is 2. The standard InChI is InChI=1S/C39H38FN3O6S/c1-28-8-10-30(11-9-28)25-41-39(45)37(24-29-6-4-3-5-7-29)43(26-31-12-18-34(48-2)19-13-31)38(44)27-49-35-20-22-36(23-21-35)50(46,47)42-33-16-14-32(40)15-17-33/h3-23,37,42H,24-27H2,1-2H3,(H,41,45)/t37-/m0/s1. The highest BCUT2D eigenvalue weighted by molar-refractivity contribution is 7.92. The molecule has 5 aromatic carbocycles. The van der Waals surface area contributed by atoms with E-state index >= 15 is 0 Å². The van der Waals surface area contributed by atoms with Crippen LogP contribution >= 0.6 is 0 Å². The second-order valence-electron chi connectivity index (χ2n) is 11.7. The number of ether oxygens (including phenoxy) is 2. The van der Waals surface area contributed by atoms with Gasteiger partial charge in [0, 0.05) is 25.2 Å². The molecule has 5 rings (SSSR count). The molecule has 0 aliphatic heterocycles. The van der Waals surface area contributed by atoms with Gasteiger partial charge in [0.2, 0.25) is 5.91 Å². The van der Waals surface area contributed by atoms with Crippen LogP contribution in [0.3, 0.4) is 0 Å². The zero-order valence-corrected chi connectivity index (χ0v) is 28.5. The Labute approximate surface area is 291 Å². The predicted octanol–water partition coefficient (Wildman–Crippen LogP) is 6.28. The van der Waals surface area contributed by atoms with E-state index in [0.29, 0.717) is 5.75 Å². The van der Waals surface area contributed by atoms with Crippen molar-refractivity contribution >= 4 is 27.5 Å². The summed E-state index contributed by atoms with van der Waals surface area (Å²) in [5, 5.41) is 3.02. The predicted molar refractivity (Wildman–Crippen MR) is 190 cm³/mol. The first-order chi connectivity index (χ1) is 24.1. The minimum Gasteiger partial charge on any atom is -0.497 e. The van der Waals surface area contributed by atoms with Crippen molar-refractivity contribution in [3.63, 3.8) is 0 Å². The third-order valence-corrected chi connectivity index (χ3v) is 9.36. The van der Waals surface area contributed by atoms with Crippen LogP contribution in [0.25, 0.3) is 0 Å². The van der Waals surface area contributed by atoms with Gasteiger partial charge in [-0.3, -0.25) is 14.3 Å². The molecular formula is C39H38FN3O6S. The van der Waals surface area contributed by atoms with Gasteiger partial charge < -0.3 is 19.7 Å². The molecule has 1 atom stereocenters. The molecule has 11 heteroatoms. The maximum Gasteiger partial charge on any atom is 0.261 e. The molecule has 0 fully saturated rings. The Morgan fingerprint density at radius 3 is 2.02 bits per heavy atom. The maximum absolute atomic E-state index is 14.0. The van der Waals surface area contributed by atoms with Crippen LogP contribution < -0.4 is 19.5 Å². The first-order valence-corrected chi connectivity index (χ1v) is 17.4. The zero-order chi connectivity index (χ0) is 35.5. The maximum atomic E-state index is 14.0. The summed E-state index contributed by atoms with van der Waals surface area (Å²) >= 11 is 0. The van der Waals surface area contributed by atoms with E-state index in [0.717, 1.165) is 34.4 Å². The second kappa shape index (κ2) is 16.6. The first-order valence-electron chi connectivity index (χ1n) is 15.9. The number of amides is 2. The van der Waals surface area contributed by atoms with Gasteiger partial charge in [-0.05, 0) is 84.3 Å². The van der Waals surface area contributed by atoms with E-state index in [9.17, 15) is 22.4 Å². The van der Waals surface area contributed by atoms with Crippen LogP contribution in [0.2, 0.25) is 0 Å². The number of nitrogens with zero attached hydrogens (tertiary/aromatic N) is 1. The van der Waals surface area contributed by atoms with Crippen molar-refractivity contribution in [2.75, 3.05) is 18.4 Å². The quantitative estimate of drug-likeness (QED) is 0.133. The van der Waals surface area contributed by atoms with Crippen LogP contribution in [0.15, 0.2) is 132 Å². The van der Waals surface area contributed by atoms with Crippen molar-refractivity contribution < 1.29 is 31.9 Å². The third kappa shape index (κ3) is 9.93. The SMILES string of the molecule is COc1ccc(CN(C(=O)COc2ccc(S(=O)(=O)Nc3ccc(F)cc3)cc2)[C@@H](Cc2ccccc2)C(=O)NCc2ccc(C)cc2)cc1. The van der Waals surface area contributed by atoms with Gasteiger partial charge in [0.05, 0.1) is 12.0 Å². The normalized spacial score (nSPS) is 11.7. The largest absolute Gasteiger partial charge is 0.497 e. The summed E-state index contributed by atoms with van der Waals surface area (Å²) in [7, 11) is -2.39. The van der Waals surface area contributed by atoms with E-state index in [1.165, 1.54) is 41.3 Å². The lowest BCUT2D eigenvalue weighted by molar-refractivity contribution is -0.142. The molecule has 0 saturated carbocycles. The number of anilines is 1. The molecule has 0 saturated heterocycles. The highest BCUT2D eigenvalue weighted by Crippen LogP contribution is 2.21. The number of carbonyl (C=O) groups excluding carboxylic acids is 2. The van der Waals surface area contributed by atoms with Crippen molar-refractivity contribution in [2.45, 2.75) is 37.4 Å². The molecule has 50 heavy (non-hydrogen) atoms. The van der Waals surface area contributed by atoms with E-state index in [-0.39, 0.29) is 41.7 Å². The van der Waals surface area contributed by atoms with Gasteiger partial charge in [0.1, 0.15) is 23.4 Å². The first kappa shape index (κ1) is 35.6. The summed E-state index contributed by atoms with van der Waals surface area (Å²) in [6, 6.07) is 34.2. The van der Waals surface area contributed by atoms with Gasteiger partial charge in [0.15, 0.2) is 6.61 Å². The summed E-state index contributed by atoms with van der Waals surface area (Å²) in [6.07, 6.45) is 0.260. The number of methoxy groups -OCH3 is 1. The topological polar surface area (TPSA) is 114 Å². The highest BCUT2D eigenvalue weighted by Gasteiger charge is 2.31. The summed E-state index contributed by atoms with van der Waals surface area (Å²) < 4.78 is 52.5. The fourth-order valence-electron chi connectivity index (χ4n) is 5.17. The summed E-state index contributed by atoms with van der Waals surface area (Å²) in [5.41, 5.74) is 3.91. The van der Waals surface area contributed by atoms with Crippen molar-refractivity contribution in [3.05, 3.63) is 155 Å². The van der Waals surface area contributed by atoms with Crippen LogP contribution in [0.4, 0.5) is 10.1 Å². The molecule has 9 nitrogen and oxygen atoms in total. The van der Waals surface area contributed by atoms with Crippen molar-refractivity contribution in [1.82, 2.24) is 10.2 Å². The molecule has 0 unspecified atom stereocenters. The molecule has 5 aromatic rings. The van der Waals surface area contributed by atoms with Crippen LogP contribution in [0, 0.1) is 12.7 Å². The fraction of sp³-hybridized carbons (Fsp3) is 0.179. The van der Waals surface area contributed by atoms with Gasteiger partial charge in [-0.2, -0.15) is 0 Å². The van der Waals surface area contributed by atoms with Crippen molar-refractivity contribution in [2.24, 2.45) is 0 Å². The molecule has 0 aliphatic rings. The van der Waals surface area contributed by atoms with Crippen molar-refractivity contribution in [1.29, 1.82) is 0 Å². The van der Waals surface area contributed by atoms with Gasteiger partial charge in [0.25, 0.3) is 15.9 Å². The van der Waals surface area contributed by atoms with Crippen LogP contribution in [-0.2, 0) is 39.1 Å². The van der Waals surface area contributed by atoms with E-state index in [4.69, 9.17) is 9.47 Å². The average molecular weight is 696 g/mol. The molecule has 2 N–H and O–H groups in total. The number of hydrogen-bond acceptors (Lipinski definition) is 6. The number of nitrogens with one attached hydrogen (secondary N) is 2. The molecule has 258 valence electrons. The second-order valence-corrected chi connectivity index (χ2v) is 13.3. The van der Waals surface area contributed by atoms with Crippen LogP contribution in [-0.4, -0.2) is 44.9 Å². The summed E-state index contributed by atoms with van der Waals surface area (Å²) in [4.78, 5) is 29.4. The Kier molecular flexibility index (Phi) is 11.8. The monoisotopic (exact) mass is 695 g/mol. The lowest BCUT2D eigenvalue weighted by atomic mass is 10.0. The van der Waals surface area contributed by atoms with E-state index in [1.807, 2.05) is 73.7 Å². The summed E-state index contributed by atoms with van der Waals surface area (Å²) in [6.45, 7) is 1.99. The Bertz CT molecular complexity index is 1970. The third-order valence-electron chi connectivity index (χ3n) is 7.96. The zero-order valence-electron chi connectivity index (χ0n) is 27.7. The Hall–Kier alpha value is -5.68. The van der Waals surface area contributed by atoms with Gasteiger partial charge in [-0.25, -0.2) is 12.8 Å². The Morgan fingerprint density at radius 1 is 0.760 bits per heavy atom. The van der Waals surface area contributed by atoms with E-state index < -0.39 is 34.4 Å². The van der Waals surface area contributed by atoms with Gasteiger partial charge in [-0.15, -0.1) is 0 Å². The number of carbonyl (C=O) groups is 2. The summed E-state index contributed by atoms with van der Waals surface area (Å²) in [5.74, 6) is -0.334. The van der Waals surface area contributed by atoms with Gasteiger partial charge in [-0.1, -0.05) is 72.3 Å². The number of aryl methyl sites for hydroxylation is 1. The lowest BCUT2D eigenvalue weighted by Gasteiger charge is -2.31. The van der Waals surface area contributed by atoms with Crippen molar-refractivity contribution in [3.8, 4) is 11.5 Å². The van der Waals surface area contributed by atoms with E-state index in [2.05, 4.69) is 10.0 Å². The average Bonchev–Trinajstić information content (AvgIpc) is 3.13. The highest BCUT2D eigenvalue weighted by atomic mass is 32.2.